The molecule has 22 heavy (non-hydrogen) atoms. The zero-order valence-corrected chi connectivity index (χ0v) is 12.9. The first kappa shape index (κ1) is 16.8. The minimum Gasteiger partial charge on any atom is -0.481 e. The van der Waals surface area contributed by atoms with Crippen LogP contribution in [0.1, 0.15) is 37.7 Å². The van der Waals surface area contributed by atoms with Crippen LogP contribution in [-0.4, -0.2) is 22.8 Å². The third-order valence-electron chi connectivity index (χ3n) is 3.03. The molecule has 0 spiro atoms. The van der Waals surface area contributed by atoms with Gasteiger partial charge in [-0.25, -0.2) is 4.39 Å². The number of aliphatic carboxylic acids is 1. The molecule has 1 N–H and O–H groups in total. The molecule has 1 aliphatic rings. The van der Waals surface area contributed by atoms with Gasteiger partial charge in [0.1, 0.15) is 5.82 Å². The standard InChI is InChI=1S/C15H18FNO4S/c16-13-8-6-12(7-9-13)11-15-20-17(21-22-15)10-4-2-1-3-5-14(18)19/h6-9,11H,1-5,10H2,(H,18,19). The molecule has 0 aliphatic carbocycles. The second kappa shape index (κ2) is 8.77. The molecule has 1 heterocycles. The summed E-state index contributed by atoms with van der Waals surface area (Å²) in [6.07, 6.45) is 5.36. The highest BCUT2D eigenvalue weighted by Gasteiger charge is 2.20. The third-order valence-corrected chi connectivity index (χ3v) is 3.63. The number of hydrogen-bond acceptors (Lipinski definition) is 5. The first-order valence-corrected chi connectivity index (χ1v) is 7.87. The van der Waals surface area contributed by atoms with Gasteiger partial charge >= 0.3 is 5.97 Å². The maximum Gasteiger partial charge on any atom is 0.303 e. The fourth-order valence-corrected chi connectivity index (χ4v) is 2.47. The van der Waals surface area contributed by atoms with Gasteiger partial charge < -0.3 is 9.94 Å². The molecule has 1 aromatic carbocycles. The molecule has 0 radical (unpaired) electrons. The normalized spacial score (nSPS) is 16.9. The fourth-order valence-electron chi connectivity index (χ4n) is 1.91. The van der Waals surface area contributed by atoms with Crippen LogP contribution in [0.25, 0.3) is 6.08 Å². The molecule has 7 heteroatoms. The summed E-state index contributed by atoms with van der Waals surface area (Å²) in [4.78, 5) is 15.9. The average molecular weight is 327 g/mol. The van der Waals surface area contributed by atoms with Gasteiger partial charge in [0, 0.05) is 6.42 Å². The van der Waals surface area contributed by atoms with E-state index in [1.807, 2.05) is 0 Å². The van der Waals surface area contributed by atoms with Crippen molar-refractivity contribution in [1.82, 2.24) is 5.23 Å². The highest BCUT2D eigenvalue weighted by molar-refractivity contribution is 7.98. The Morgan fingerprint density at radius 2 is 1.95 bits per heavy atom. The fraction of sp³-hybridized carbons (Fsp3) is 0.400. The second-order valence-corrected chi connectivity index (χ2v) is 5.60. The molecule has 0 unspecified atom stereocenters. The maximum atomic E-state index is 12.8. The van der Waals surface area contributed by atoms with Crippen LogP contribution in [0, 0.1) is 5.82 Å². The predicted octanol–water partition coefficient (Wildman–Crippen LogP) is 3.99. The summed E-state index contributed by atoms with van der Waals surface area (Å²) in [6.45, 7) is 0.612. The van der Waals surface area contributed by atoms with Gasteiger partial charge in [0.15, 0.2) is 0 Å². The van der Waals surface area contributed by atoms with E-state index in [1.165, 1.54) is 17.4 Å². The van der Waals surface area contributed by atoms with Gasteiger partial charge in [-0.05, 0) is 41.8 Å². The monoisotopic (exact) mass is 327 g/mol. The van der Waals surface area contributed by atoms with Crippen LogP contribution >= 0.6 is 12.0 Å². The molecule has 1 aliphatic heterocycles. The molecule has 1 fully saturated rings. The Hall–Kier alpha value is -1.57. The quantitative estimate of drug-likeness (QED) is 0.575. The van der Waals surface area contributed by atoms with E-state index in [4.69, 9.17) is 14.2 Å². The number of unbranched alkanes of at least 4 members (excludes halogenated alkanes) is 3. The topological polar surface area (TPSA) is 59.0 Å². The number of carbonyl (C=O) groups is 1. The largest absolute Gasteiger partial charge is 0.481 e. The summed E-state index contributed by atoms with van der Waals surface area (Å²) in [7, 11) is 0. The maximum absolute atomic E-state index is 12.8. The van der Waals surface area contributed by atoms with Gasteiger partial charge in [-0.2, -0.15) is 4.28 Å². The molecule has 120 valence electrons. The first-order valence-electron chi connectivity index (χ1n) is 7.13. The van der Waals surface area contributed by atoms with E-state index in [1.54, 1.807) is 18.2 Å². The van der Waals surface area contributed by atoms with E-state index in [0.29, 0.717) is 18.1 Å². The van der Waals surface area contributed by atoms with E-state index in [-0.39, 0.29) is 12.2 Å². The number of benzene rings is 1. The van der Waals surface area contributed by atoms with E-state index < -0.39 is 5.97 Å². The van der Waals surface area contributed by atoms with Crippen molar-refractivity contribution in [2.75, 3.05) is 6.54 Å². The van der Waals surface area contributed by atoms with Crippen LogP contribution in [0.4, 0.5) is 4.39 Å². The second-order valence-electron chi connectivity index (χ2n) is 4.88. The molecule has 0 bridgehead atoms. The lowest BCUT2D eigenvalue weighted by Gasteiger charge is -2.09. The minimum absolute atomic E-state index is 0.219. The van der Waals surface area contributed by atoms with Crippen LogP contribution in [0.5, 0.6) is 0 Å². The lowest BCUT2D eigenvalue weighted by molar-refractivity contribution is -0.259. The van der Waals surface area contributed by atoms with Gasteiger partial charge in [-0.3, -0.25) is 4.79 Å². The lowest BCUT2D eigenvalue weighted by atomic mass is 10.1. The molecular formula is C15H18FNO4S. The van der Waals surface area contributed by atoms with Gasteiger partial charge in [0.05, 0.1) is 18.6 Å². The molecular weight excluding hydrogens is 309 g/mol. The molecule has 0 aromatic heterocycles. The molecule has 0 amide bonds. The molecule has 0 atom stereocenters. The zero-order chi connectivity index (χ0) is 15.8. The molecule has 0 saturated carbocycles. The predicted molar refractivity (Wildman–Crippen MR) is 81.6 cm³/mol. The van der Waals surface area contributed by atoms with Crippen LogP contribution in [0.15, 0.2) is 29.4 Å². The Morgan fingerprint density at radius 1 is 1.23 bits per heavy atom. The summed E-state index contributed by atoms with van der Waals surface area (Å²) in [5.41, 5.74) is 0.836. The Bertz CT molecular complexity index is 521. The lowest BCUT2D eigenvalue weighted by Crippen LogP contribution is -2.16. The SMILES string of the molecule is O=C(O)CCCCCCN1OSC(=Cc2ccc(F)cc2)O1. The van der Waals surface area contributed by atoms with E-state index in [9.17, 15) is 9.18 Å². The van der Waals surface area contributed by atoms with Crippen molar-refractivity contribution in [2.24, 2.45) is 0 Å². The highest BCUT2D eigenvalue weighted by Crippen LogP contribution is 2.31. The van der Waals surface area contributed by atoms with Gasteiger partial charge in [0.2, 0.25) is 5.09 Å². The number of rotatable bonds is 8. The zero-order valence-electron chi connectivity index (χ0n) is 12.0. The van der Waals surface area contributed by atoms with Crippen LogP contribution < -0.4 is 0 Å². The van der Waals surface area contributed by atoms with Crippen molar-refractivity contribution in [3.63, 3.8) is 0 Å². The Balaban J connectivity index is 1.65. The average Bonchev–Trinajstić information content (AvgIpc) is 2.92. The summed E-state index contributed by atoms with van der Waals surface area (Å²) in [5.74, 6) is -1.03. The van der Waals surface area contributed by atoms with Crippen molar-refractivity contribution >= 4 is 24.1 Å². The number of hydroxylamine groups is 2. The smallest absolute Gasteiger partial charge is 0.303 e. The van der Waals surface area contributed by atoms with Gasteiger partial charge in [-0.1, -0.05) is 25.0 Å². The highest BCUT2D eigenvalue weighted by atomic mass is 32.2. The summed E-state index contributed by atoms with van der Waals surface area (Å²) >= 11 is 1.12. The number of carboxylic acid groups (broad SMARTS) is 1. The number of nitrogens with zero attached hydrogens (tertiary/aromatic N) is 1. The van der Waals surface area contributed by atoms with Crippen molar-refractivity contribution in [2.45, 2.75) is 32.1 Å². The van der Waals surface area contributed by atoms with E-state index >= 15 is 0 Å². The summed E-state index contributed by atoms with van der Waals surface area (Å²) in [6, 6.07) is 6.11. The van der Waals surface area contributed by atoms with Crippen molar-refractivity contribution in [1.29, 1.82) is 0 Å². The van der Waals surface area contributed by atoms with Gasteiger partial charge in [0.25, 0.3) is 0 Å². The summed E-state index contributed by atoms with van der Waals surface area (Å²) in [5, 5.41) is 10.5. The Labute approximate surface area is 132 Å². The van der Waals surface area contributed by atoms with Crippen molar-refractivity contribution < 1.29 is 23.4 Å². The summed E-state index contributed by atoms with van der Waals surface area (Å²) < 4.78 is 18.1. The number of halogens is 1. The van der Waals surface area contributed by atoms with Gasteiger partial charge in [-0.15, -0.1) is 0 Å². The minimum atomic E-state index is -0.752. The first-order chi connectivity index (χ1) is 10.6. The Morgan fingerprint density at radius 3 is 2.68 bits per heavy atom. The third kappa shape index (κ3) is 6.05. The van der Waals surface area contributed by atoms with E-state index in [2.05, 4.69) is 0 Å². The van der Waals surface area contributed by atoms with Crippen molar-refractivity contribution in [3.05, 3.63) is 40.7 Å². The van der Waals surface area contributed by atoms with Crippen LogP contribution in [-0.2, 0) is 13.9 Å². The van der Waals surface area contributed by atoms with Crippen LogP contribution in [0.3, 0.4) is 0 Å². The van der Waals surface area contributed by atoms with Crippen LogP contribution in [0.2, 0.25) is 0 Å². The molecule has 1 saturated heterocycles. The Kier molecular flexibility index (Phi) is 6.70. The molecule has 5 nitrogen and oxygen atoms in total. The number of hydrogen-bond donors (Lipinski definition) is 1. The number of carboxylic acids is 1. The van der Waals surface area contributed by atoms with Crippen molar-refractivity contribution in [3.8, 4) is 0 Å². The molecule has 2 rings (SSSR count). The molecule has 1 aromatic rings. The van der Waals surface area contributed by atoms with E-state index in [0.717, 1.165) is 36.9 Å².